The minimum atomic E-state index is 0.0712. The summed E-state index contributed by atoms with van der Waals surface area (Å²) in [5.74, 6) is 1.09. The number of carbonyl (C=O) groups is 1. The maximum absolute atomic E-state index is 12.4. The van der Waals surface area contributed by atoms with Crippen LogP contribution in [-0.2, 0) is 17.9 Å². The SMILES string of the molecule is CCC(CC)C(=O)NCc1nc2ccccc2n1Cc1cc(C)ccc1C. The van der Waals surface area contributed by atoms with Crippen LogP contribution >= 0.6 is 0 Å². The molecule has 27 heavy (non-hydrogen) atoms. The number of amides is 1. The van der Waals surface area contributed by atoms with Gasteiger partial charge in [0.2, 0.25) is 5.91 Å². The van der Waals surface area contributed by atoms with Crippen molar-refractivity contribution in [3.8, 4) is 0 Å². The van der Waals surface area contributed by atoms with E-state index in [1.165, 1.54) is 16.7 Å². The van der Waals surface area contributed by atoms with Crippen molar-refractivity contribution in [2.75, 3.05) is 0 Å². The van der Waals surface area contributed by atoms with Gasteiger partial charge in [0.25, 0.3) is 0 Å². The van der Waals surface area contributed by atoms with Crippen LogP contribution in [0.4, 0.5) is 0 Å². The van der Waals surface area contributed by atoms with E-state index in [2.05, 4.69) is 61.8 Å². The maximum Gasteiger partial charge on any atom is 0.223 e. The van der Waals surface area contributed by atoms with E-state index in [1.807, 2.05) is 18.2 Å². The van der Waals surface area contributed by atoms with Crippen molar-refractivity contribution in [1.82, 2.24) is 14.9 Å². The summed E-state index contributed by atoms with van der Waals surface area (Å²) < 4.78 is 2.23. The summed E-state index contributed by atoms with van der Waals surface area (Å²) in [7, 11) is 0. The van der Waals surface area contributed by atoms with Crippen LogP contribution in [0.15, 0.2) is 42.5 Å². The van der Waals surface area contributed by atoms with E-state index in [1.54, 1.807) is 0 Å². The standard InChI is InChI=1S/C23H29N3O/c1-5-18(6-2)23(27)24-14-22-25-20-9-7-8-10-21(20)26(22)15-19-13-16(3)11-12-17(19)4/h7-13,18H,5-6,14-15H2,1-4H3,(H,24,27). The number of fused-ring (bicyclic) bond motifs is 1. The quantitative estimate of drug-likeness (QED) is 0.658. The molecule has 0 aliphatic rings. The van der Waals surface area contributed by atoms with Gasteiger partial charge >= 0.3 is 0 Å². The lowest BCUT2D eigenvalue weighted by Crippen LogP contribution is -2.30. The van der Waals surface area contributed by atoms with Crippen LogP contribution < -0.4 is 5.32 Å². The third kappa shape index (κ3) is 4.21. The van der Waals surface area contributed by atoms with Crippen LogP contribution in [0.5, 0.6) is 0 Å². The first-order valence-corrected chi connectivity index (χ1v) is 9.81. The van der Waals surface area contributed by atoms with Gasteiger partial charge in [0.1, 0.15) is 5.82 Å². The number of aromatic nitrogens is 2. The number of nitrogens with one attached hydrogen (secondary N) is 1. The zero-order chi connectivity index (χ0) is 19.4. The van der Waals surface area contributed by atoms with Gasteiger partial charge in [-0.05, 0) is 49.9 Å². The molecular weight excluding hydrogens is 334 g/mol. The Kier molecular flexibility index (Phi) is 5.94. The highest BCUT2D eigenvalue weighted by atomic mass is 16.1. The molecule has 0 saturated heterocycles. The van der Waals surface area contributed by atoms with Gasteiger partial charge in [0.05, 0.1) is 17.6 Å². The second-order valence-electron chi connectivity index (χ2n) is 7.26. The molecule has 1 amide bonds. The highest BCUT2D eigenvalue weighted by molar-refractivity contribution is 5.79. The minimum Gasteiger partial charge on any atom is -0.349 e. The largest absolute Gasteiger partial charge is 0.349 e. The molecule has 0 unspecified atom stereocenters. The summed E-state index contributed by atoms with van der Waals surface area (Å²) in [6, 6.07) is 14.7. The van der Waals surface area contributed by atoms with Crippen LogP contribution in [0.2, 0.25) is 0 Å². The number of carbonyl (C=O) groups excluding carboxylic acids is 1. The molecule has 0 saturated carbocycles. The van der Waals surface area contributed by atoms with E-state index in [4.69, 9.17) is 4.98 Å². The number of imidazole rings is 1. The Morgan fingerprint density at radius 3 is 2.59 bits per heavy atom. The molecule has 3 aromatic rings. The average Bonchev–Trinajstić information content (AvgIpc) is 3.01. The topological polar surface area (TPSA) is 46.9 Å². The van der Waals surface area contributed by atoms with E-state index >= 15 is 0 Å². The van der Waals surface area contributed by atoms with Gasteiger partial charge < -0.3 is 9.88 Å². The van der Waals surface area contributed by atoms with Gasteiger partial charge in [-0.15, -0.1) is 0 Å². The third-order valence-electron chi connectivity index (χ3n) is 5.34. The highest BCUT2D eigenvalue weighted by Crippen LogP contribution is 2.20. The zero-order valence-corrected chi connectivity index (χ0v) is 16.7. The third-order valence-corrected chi connectivity index (χ3v) is 5.34. The fourth-order valence-electron chi connectivity index (χ4n) is 3.55. The Bertz CT molecular complexity index is 938. The van der Waals surface area contributed by atoms with Crippen molar-refractivity contribution in [3.05, 3.63) is 65.0 Å². The Labute approximate surface area is 161 Å². The molecule has 0 fully saturated rings. The Balaban J connectivity index is 1.92. The fourth-order valence-corrected chi connectivity index (χ4v) is 3.55. The van der Waals surface area contributed by atoms with Crippen molar-refractivity contribution >= 4 is 16.9 Å². The van der Waals surface area contributed by atoms with Crippen LogP contribution in [0.3, 0.4) is 0 Å². The fraction of sp³-hybridized carbons (Fsp3) is 0.391. The first kappa shape index (κ1) is 19.2. The second kappa shape index (κ2) is 8.38. The minimum absolute atomic E-state index is 0.0712. The number of rotatable bonds is 7. The molecule has 2 aromatic carbocycles. The first-order chi connectivity index (χ1) is 13.0. The number of aryl methyl sites for hydroxylation is 2. The molecule has 0 aliphatic carbocycles. The average molecular weight is 364 g/mol. The Hall–Kier alpha value is -2.62. The van der Waals surface area contributed by atoms with Crippen molar-refractivity contribution in [2.24, 2.45) is 5.92 Å². The van der Waals surface area contributed by atoms with Gasteiger partial charge in [-0.1, -0.05) is 49.7 Å². The Morgan fingerprint density at radius 1 is 1.11 bits per heavy atom. The molecule has 1 N–H and O–H groups in total. The van der Waals surface area contributed by atoms with E-state index in [0.717, 1.165) is 36.2 Å². The van der Waals surface area contributed by atoms with Crippen molar-refractivity contribution in [2.45, 2.75) is 53.6 Å². The lowest BCUT2D eigenvalue weighted by molar-refractivity contribution is -0.125. The Morgan fingerprint density at radius 2 is 1.85 bits per heavy atom. The highest BCUT2D eigenvalue weighted by Gasteiger charge is 2.16. The molecule has 0 atom stereocenters. The molecular formula is C23H29N3O. The molecule has 1 aromatic heterocycles. The van der Waals surface area contributed by atoms with Crippen LogP contribution in [0, 0.1) is 19.8 Å². The number of para-hydroxylation sites is 2. The van der Waals surface area contributed by atoms with E-state index in [-0.39, 0.29) is 11.8 Å². The van der Waals surface area contributed by atoms with Crippen molar-refractivity contribution in [1.29, 1.82) is 0 Å². The molecule has 4 heteroatoms. The van der Waals surface area contributed by atoms with Crippen LogP contribution in [0.25, 0.3) is 11.0 Å². The molecule has 0 radical (unpaired) electrons. The van der Waals surface area contributed by atoms with Crippen molar-refractivity contribution in [3.63, 3.8) is 0 Å². The summed E-state index contributed by atoms with van der Waals surface area (Å²) in [6.45, 7) is 9.58. The summed E-state index contributed by atoms with van der Waals surface area (Å²) in [6.07, 6.45) is 1.72. The van der Waals surface area contributed by atoms with Crippen molar-refractivity contribution < 1.29 is 4.79 Å². The molecule has 0 spiro atoms. The summed E-state index contributed by atoms with van der Waals surface area (Å²) in [5, 5.41) is 3.09. The predicted molar refractivity (Wildman–Crippen MR) is 111 cm³/mol. The maximum atomic E-state index is 12.4. The van der Waals surface area contributed by atoms with E-state index in [0.29, 0.717) is 6.54 Å². The van der Waals surface area contributed by atoms with Gasteiger partial charge in [0.15, 0.2) is 0 Å². The number of hydrogen-bond acceptors (Lipinski definition) is 2. The van der Waals surface area contributed by atoms with Gasteiger partial charge in [-0.25, -0.2) is 4.98 Å². The monoisotopic (exact) mass is 363 g/mol. The second-order valence-corrected chi connectivity index (χ2v) is 7.26. The normalized spacial score (nSPS) is 11.3. The zero-order valence-electron chi connectivity index (χ0n) is 16.7. The first-order valence-electron chi connectivity index (χ1n) is 9.81. The molecule has 0 aliphatic heterocycles. The predicted octanol–water partition coefficient (Wildman–Crippen LogP) is 4.75. The molecule has 1 heterocycles. The molecule has 3 rings (SSSR count). The number of benzene rings is 2. The number of nitrogens with zero attached hydrogens (tertiary/aromatic N) is 2. The lowest BCUT2D eigenvalue weighted by atomic mass is 10.0. The summed E-state index contributed by atoms with van der Waals surface area (Å²) >= 11 is 0. The summed E-state index contributed by atoms with van der Waals surface area (Å²) in [4.78, 5) is 17.2. The summed E-state index contributed by atoms with van der Waals surface area (Å²) in [5.41, 5.74) is 5.87. The molecule has 4 nitrogen and oxygen atoms in total. The van der Waals surface area contributed by atoms with E-state index in [9.17, 15) is 4.79 Å². The van der Waals surface area contributed by atoms with Gasteiger partial charge in [-0.3, -0.25) is 4.79 Å². The van der Waals surface area contributed by atoms with Crippen LogP contribution in [0.1, 0.15) is 49.2 Å². The lowest BCUT2D eigenvalue weighted by Gasteiger charge is -2.15. The van der Waals surface area contributed by atoms with Crippen LogP contribution in [-0.4, -0.2) is 15.5 Å². The number of hydrogen-bond donors (Lipinski definition) is 1. The molecule has 142 valence electrons. The van der Waals surface area contributed by atoms with E-state index < -0.39 is 0 Å². The molecule has 0 bridgehead atoms. The smallest absolute Gasteiger partial charge is 0.223 e. The van der Waals surface area contributed by atoms with Gasteiger partial charge in [-0.2, -0.15) is 0 Å². The van der Waals surface area contributed by atoms with Gasteiger partial charge in [0, 0.05) is 12.5 Å².